The fourth-order valence-electron chi connectivity index (χ4n) is 3.39. The van der Waals surface area contributed by atoms with E-state index in [1.807, 2.05) is 11.4 Å². The average Bonchev–Trinajstić information content (AvgIpc) is 3.25. The second kappa shape index (κ2) is 5.16. The van der Waals surface area contributed by atoms with Gasteiger partial charge < -0.3 is 5.32 Å². The fourth-order valence-corrected chi connectivity index (χ4v) is 3.99. The van der Waals surface area contributed by atoms with E-state index in [1.54, 1.807) is 13.1 Å². The molecule has 2 heterocycles. The lowest BCUT2D eigenvalue weighted by atomic mass is 9.90. The highest BCUT2D eigenvalue weighted by atomic mass is 32.1. The van der Waals surface area contributed by atoms with E-state index < -0.39 is 5.54 Å². The summed E-state index contributed by atoms with van der Waals surface area (Å²) in [6, 6.07) is 5.78. The van der Waals surface area contributed by atoms with E-state index in [9.17, 15) is 9.59 Å². The fraction of sp³-hybridized carbons (Fsp3) is 0.353. The second-order valence-corrected chi connectivity index (χ2v) is 7.19. The Balaban J connectivity index is 1.66. The molecule has 1 aliphatic heterocycles. The van der Waals surface area contributed by atoms with Gasteiger partial charge in [-0.05, 0) is 42.9 Å². The molecule has 23 heavy (non-hydrogen) atoms. The van der Waals surface area contributed by atoms with Gasteiger partial charge in [0.05, 0.1) is 6.54 Å². The van der Waals surface area contributed by atoms with E-state index in [1.165, 1.54) is 27.4 Å². The number of urea groups is 1. The summed E-state index contributed by atoms with van der Waals surface area (Å²) in [4.78, 5) is 30.6. The van der Waals surface area contributed by atoms with Crippen LogP contribution in [-0.4, -0.2) is 21.8 Å². The molecule has 118 valence electrons. The van der Waals surface area contributed by atoms with Crippen LogP contribution < -0.4 is 5.32 Å². The lowest BCUT2D eigenvalue weighted by Gasteiger charge is -2.23. The number of imide groups is 1. The molecular formula is C17H17N3O2S. The zero-order valence-electron chi connectivity index (χ0n) is 12.8. The van der Waals surface area contributed by atoms with Crippen LogP contribution in [0.2, 0.25) is 0 Å². The molecule has 1 aromatic carbocycles. The summed E-state index contributed by atoms with van der Waals surface area (Å²) >= 11 is 1.44. The summed E-state index contributed by atoms with van der Waals surface area (Å²) < 4.78 is 0. The van der Waals surface area contributed by atoms with E-state index in [0.29, 0.717) is 0 Å². The molecule has 2 aromatic rings. The Morgan fingerprint density at radius 1 is 1.30 bits per heavy atom. The maximum Gasteiger partial charge on any atom is 0.325 e. The second-order valence-electron chi connectivity index (χ2n) is 6.21. The van der Waals surface area contributed by atoms with Crippen molar-refractivity contribution in [2.24, 2.45) is 0 Å². The van der Waals surface area contributed by atoms with Crippen molar-refractivity contribution in [3.8, 4) is 0 Å². The van der Waals surface area contributed by atoms with Crippen LogP contribution in [0.25, 0.3) is 0 Å². The summed E-state index contributed by atoms with van der Waals surface area (Å²) in [6.45, 7) is 2.01. The van der Waals surface area contributed by atoms with E-state index in [-0.39, 0.29) is 18.5 Å². The van der Waals surface area contributed by atoms with Crippen molar-refractivity contribution in [1.29, 1.82) is 0 Å². The van der Waals surface area contributed by atoms with Gasteiger partial charge in [0.1, 0.15) is 10.5 Å². The molecule has 5 nitrogen and oxygen atoms in total. The Hall–Kier alpha value is -2.21. The number of thiazole rings is 1. The van der Waals surface area contributed by atoms with Crippen molar-refractivity contribution in [2.75, 3.05) is 0 Å². The summed E-state index contributed by atoms with van der Waals surface area (Å²) in [6.07, 6.45) is 4.98. The van der Waals surface area contributed by atoms with Gasteiger partial charge in [0, 0.05) is 11.6 Å². The van der Waals surface area contributed by atoms with Crippen LogP contribution in [0.15, 0.2) is 29.8 Å². The first-order valence-corrected chi connectivity index (χ1v) is 8.61. The Bertz CT molecular complexity index is 787. The molecule has 2 aliphatic rings. The highest BCUT2D eigenvalue weighted by Gasteiger charge is 2.49. The molecule has 3 amide bonds. The number of nitrogens with one attached hydrogen (secondary N) is 1. The van der Waals surface area contributed by atoms with Gasteiger partial charge in [-0.25, -0.2) is 9.78 Å². The van der Waals surface area contributed by atoms with Crippen molar-refractivity contribution in [3.05, 3.63) is 51.5 Å². The van der Waals surface area contributed by atoms with Crippen LogP contribution in [0.4, 0.5) is 4.79 Å². The first kappa shape index (κ1) is 14.4. The van der Waals surface area contributed by atoms with Gasteiger partial charge in [-0.1, -0.05) is 18.2 Å². The predicted octanol–water partition coefficient (Wildman–Crippen LogP) is 2.60. The molecule has 1 fully saturated rings. The van der Waals surface area contributed by atoms with Crippen LogP contribution in [0.3, 0.4) is 0 Å². The number of rotatable bonds is 3. The van der Waals surface area contributed by atoms with Crippen LogP contribution >= 0.6 is 11.3 Å². The molecule has 1 aliphatic carbocycles. The maximum absolute atomic E-state index is 12.9. The summed E-state index contributed by atoms with van der Waals surface area (Å²) in [5.74, 6) is -0.212. The Kier molecular flexibility index (Phi) is 3.23. The van der Waals surface area contributed by atoms with E-state index in [0.717, 1.165) is 29.8 Å². The van der Waals surface area contributed by atoms with Crippen molar-refractivity contribution in [1.82, 2.24) is 15.2 Å². The number of benzene rings is 1. The SMILES string of the molecule is C[C@]1(c2ccc3c(c2)CCC3)NC(=O)N(Cc2nccs2)C1=O. The van der Waals surface area contributed by atoms with Crippen LogP contribution in [0, 0.1) is 0 Å². The highest BCUT2D eigenvalue weighted by Crippen LogP contribution is 2.33. The number of amides is 3. The summed E-state index contributed by atoms with van der Waals surface area (Å²) in [5, 5.41) is 5.46. The number of hydrogen-bond acceptors (Lipinski definition) is 4. The molecule has 0 radical (unpaired) electrons. The molecule has 1 atom stereocenters. The van der Waals surface area contributed by atoms with Crippen LogP contribution in [-0.2, 0) is 29.7 Å². The molecule has 0 saturated carbocycles. The van der Waals surface area contributed by atoms with Gasteiger partial charge in [0.15, 0.2) is 0 Å². The lowest BCUT2D eigenvalue weighted by Crippen LogP contribution is -2.40. The number of hydrogen-bond donors (Lipinski definition) is 1. The van der Waals surface area contributed by atoms with Crippen molar-refractivity contribution in [2.45, 2.75) is 38.3 Å². The van der Waals surface area contributed by atoms with Crippen LogP contribution in [0.5, 0.6) is 0 Å². The molecule has 1 aromatic heterocycles. The third-order valence-electron chi connectivity index (χ3n) is 4.73. The molecule has 0 spiro atoms. The first-order valence-electron chi connectivity index (χ1n) is 7.73. The standard InChI is InChI=1S/C17H17N3O2S/c1-17(13-6-5-11-3-2-4-12(11)9-13)15(21)20(16(22)19-17)10-14-18-7-8-23-14/h5-9H,2-4,10H2,1H3,(H,19,22)/t17-/m1/s1. The monoisotopic (exact) mass is 327 g/mol. The molecule has 4 rings (SSSR count). The zero-order chi connectivity index (χ0) is 16.0. The Morgan fingerprint density at radius 2 is 2.13 bits per heavy atom. The molecule has 1 saturated heterocycles. The molecular weight excluding hydrogens is 310 g/mol. The van der Waals surface area contributed by atoms with Crippen molar-refractivity contribution < 1.29 is 9.59 Å². The molecule has 0 bridgehead atoms. The third kappa shape index (κ3) is 2.25. The van der Waals surface area contributed by atoms with E-state index >= 15 is 0 Å². The van der Waals surface area contributed by atoms with Crippen molar-refractivity contribution >= 4 is 23.3 Å². The molecule has 1 N–H and O–H groups in total. The first-order chi connectivity index (χ1) is 11.1. The van der Waals surface area contributed by atoms with Crippen LogP contribution in [0.1, 0.15) is 35.0 Å². The van der Waals surface area contributed by atoms with E-state index in [2.05, 4.69) is 22.4 Å². The lowest BCUT2D eigenvalue weighted by molar-refractivity contribution is -0.131. The number of nitrogens with zero attached hydrogens (tertiary/aromatic N) is 2. The Labute approximate surface area is 138 Å². The van der Waals surface area contributed by atoms with Gasteiger partial charge >= 0.3 is 6.03 Å². The number of fused-ring (bicyclic) bond motifs is 1. The number of carbonyl (C=O) groups is 2. The summed E-state index contributed by atoms with van der Waals surface area (Å²) in [7, 11) is 0. The zero-order valence-corrected chi connectivity index (χ0v) is 13.7. The molecule has 0 unspecified atom stereocenters. The quantitative estimate of drug-likeness (QED) is 0.882. The minimum absolute atomic E-state index is 0.212. The number of carbonyl (C=O) groups excluding carboxylic acids is 2. The average molecular weight is 327 g/mol. The maximum atomic E-state index is 12.9. The minimum atomic E-state index is -0.994. The van der Waals surface area contributed by atoms with Gasteiger partial charge in [0.2, 0.25) is 0 Å². The minimum Gasteiger partial charge on any atom is -0.319 e. The number of aromatic nitrogens is 1. The third-order valence-corrected chi connectivity index (χ3v) is 5.49. The van der Waals surface area contributed by atoms with E-state index in [4.69, 9.17) is 0 Å². The smallest absolute Gasteiger partial charge is 0.319 e. The normalized spacial score (nSPS) is 23.3. The largest absolute Gasteiger partial charge is 0.325 e. The Morgan fingerprint density at radius 3 is 2.91 bits per heavy atom. The highest BCUT2D eigenvalue weighted by molar-refractivity contribution is 7.09. The molecule has 6 heteroatoms. The van der Waals surface area contributed by atoms with Gasteiger partial charge in [-0.2, -0.15) is 0 Å². The van der Waals surface area contributed by atoms with Gasteiger partial charge in [-0.3, -0.25) is 9.69 Å². The van der Waals surface area contributed by atoms with Gasteiger partial charge in [0.25, 0.3) is 5.91 Å². The number of aryl methyl sites for hydroxylation is 2. The summed E-state index contributed by atoms with van der Waals surface area (Å²) in [5.41, 5.74) is 2.52. The topological polar surface area (TPSA) is 62.3 Å². The van der Waals surface area contributed by atoms with Gasteiger partial charge in [-0.15, -0.1) is 11.3 Å². The predicted molar refractivity (Wildman–Crippen MR) is 87.0 cm³/mol. The van der Waals surface area contributed by atoms with Crippen molar-refractivity contribution in [3.63, 3.8) is 0 Å².